The summed E-state index contributed by atoms with van der Waals surface area (Å²) in [6, 6.07) is 4.89. The van der Waals surface area contributed by atoms with Crippen molar-refractivity contribution in [2.75, 3.05) is 5.32 Å². The third-order valence-corrected chi connectivity index (χ3v) is 4.95. The lowest BCUT2D eigenvalue weighted by Crippen LogP contribution is -2.08. The molecular weight excluding hydrogens is 371 g/mol. The van der Waals surface area contributed by atoms with Crippen LogP contribution in [0.2, 0.25) is 0 Å². The first kappa shape index (κ1) is 17.4. The summed E-state index contributed by atoms with van der Waals surface area (Å²) in [5.41, 5.74) is 3.37. The van der Waals surface area contributed by atoms with E-state index in [0.29, 0.717) is 34.0 Å². The third-order valence-electron chi connectivity index (χ3n) is 4.95. The summed E-state index contributed by atoms with van der Waals surface area (Å²) in [6.45, 7) is 1.91. The smallest absolute Gasteiger partial charge is 0.226 e. The molecule has 0 spiro atoms. The number of hydrogen-bond donors (Lipinski definition) is 2. The van der Waals surface area contributed by atoms with Gasteiger partial charge in [-0.1, -0.05) is 0 Å². The van der Waals surface area contributed by atoms with E-state index < -0.39 is 11.7 Å². The van der Waals surface area contributed by atoms with E-state index in [4.69, 9.17) is 0 Å². The summed E-state index contributed by atoms with van der Waals surface area (Å²) in [5, 5.41) is 3.67. The van der Waals surface area contributed by atoms with Gasteiger partial charge in [-0.3, -0.25) is 9.78 Å². The topological polar surface area (TPSA) is 96.5 Å². The summed E-state index contributed by atoms with van der Waals surface area (Å²) >= 11 is 0. The standard InChI is InChI=1S/C21H17FN6O/c1-11-6-13(8-23-7-11)27-16-5-4-14(20(22)28-16)19(29)15-9-24-21-17(15)18(12-2-3-12)25-10-26-21/h4-10,12H,2-3H2,1H3,(H,27,28)(H,24,25,26). The molecule has 4 heterocycles. The minimum atomic E-state index is -0.834. The predicted octanol–water partition coefficient (Wildman–Crippen LogP) is 4.05. The summed E-state index contributed by atoms with van der Waals surface area (Å²) in [4.78, 5) is 32.6. The molecule has 29 heavy (non-hydrogen) atoms. The quantitative estimate of drug-likeness (QED) is 0.396. The number of aryl methyl sites for hydroxylation is 1. The average Bonchev–Trinajstić information content (AvgIpc) is 3.46. The van der Waals surface area contributed by atoms with Crippen molar-refractivity contribution in [2.45, 2.75) is 25.7 Å². The number of pyridine rings is 2. The third kappa shape index (κ3) is 3.22. The minimum Gasteiger partial charge on any atom is -0.345 e. The predicted molar refractivity (Wildman–Crippen MR) is 106 cm³/mol. The van der Waals surface area contributed by atoms with Crippen LogP contribution in [0.1, 0.15) is 45.9 Å². The average molecular weight is 388 g/mol. The maximum absolute atomic E-state index is 14.7. The summed E-state index contributed by atoms with van der Waals surface area (Å²) < 4.78 is 14.7. The van der Waals surface area contributed by atoms with Gasteiger partial charge in [-0.05, 0) is 43.5 Å². The molecule has 5 rings (SSSR count). The van der Waals surface area contributed by atoms with E-state index >= 15 is 0 Å². The molecular formula is C21H17FN6O. The number of anilines is 2. The number of aromatic nitrogens is 5. The number of halogens is 1. The van der Waals surface area contributed by atoms with Gasteiger partial charge in [-0.25, -0.2) is 15.0 Å². The van der Waals surface area contributed by atoms with Crippen molar-refractivity contribution < 1.29 is 9.18 Å². The Morgan fingerprint density at radius 2 is 2.07 bits per heavy atom. The van der Waals surface area contributed by atoms with Crippen LogP contribution < -0.4 is 5.32 Å². The van der Waals surface area contributed by atoms with Crippen molar-refractivity contribution >= 4 is 28.3 Å². The van der Waals surface area contributed by atoms with Crippen molar-refractivity contribution in [1.82, 2.24) is 24.9 Å². The largest absolute Gasteiger partial charge is 0.345 e. The molecule has 1 saturated carbocycles. The van der Waals surface area contributed by atoms with Crippen molar-refractivity contribution in [3.8, 4) is 0 Å². The maximum Gasteiger partial charge on any atom is 0.226 e. The number of ketones is 1. The first-order valence-corrected chi connectivity index (χ1v) is 9.32. The highest BCUT2D eigenvalue weighted by atomic mass is 19.1. The van der Waals surface area contributed by atoms with Gasteiger partial charge in [0.05, 0.1) is 34.1 Å². The highest BCUT2D eigenvalue weighted by Crippen LogP contribution is 2.42. The molecule has 0 aromatic carbocycles. The molecule has 4 aromatic rings. The summed E-state index contributed by atoms with van der Waals surface area (Å²) in [5.74, 6) is -0.644. The Morgan fingerprint density at radius 3 is 2.83 bits per heavy atom. The Morgan fingerprint density at radius 1 is 1.21 bits per heavy atom. The second kappa shape index (κ2) is 6.73. The van der Waals surface area contributed by atoms with Crippen LogP contribution in [0.5, 0.6) is 0 Å². The van der Waals surface area contributed by atoms with E-state index in [1.165, 1.54) is 12.4 Å². The van der Waals surface area contributed by atoms with Gasteiger partial charge in [0.2, 0.25) is 5.95 Å². The van der Waals surface area contributed by atoms with Crippen LogP contribution in [0, 0.1) is 12.9 Å². The molecule has 0 aliphatic heterocycles. The van der Waals surface area contributed by atoms with Crippen LogP contribution in [0.3, 0.4) is 0 Å². The molecule has 0 unspecified atom stereocenters. The zero-order valence-electron chi connectivity index (χ0n) is 15.6. The van der Waals surface area contributed by atoms with Crippen molar-refractivity contribution in [3.05, 3.63) is 71.4 Å². The number of nitrogens with zero attached hydrogens (tertiary/aromatic N) is 4. The van der Waals surface area contributed by atoms with Gasteiger partial charge in [0, 0.05) is 18.3 Å². The number of nitrogens with one attached hydrogen (secondary N) is 2. The minimum absolute atomic E-state index is 0.0931. The molecule has 7 nitrogen and oxygen atoms in total. The fraction of sp³-hybridized carbons (Fsp3) is 0.190. The SMILES string of the molecule is Cc1cncc(Nc2ccc(C(=O)c3c[nH]c4ncnc(C5CC5)c34)c(F)n2)c1. The van der Waals surface area contributed by atoms with Gasteiger partial charge in [-0.2, -0.15) is 4.39 Å². The fourth-order valence-corrected chi connectivity index (χ4v) is 3.42. The molecule has 1 aliphatic rings. The van der Waals surface area contributed by atoms with Crippen LogP contribution in [0.4, 0.5) is 15.9 Å². The Hall–Kier alpha value is -3.68. The van der Waals surface area contributed by atoms with E-state index in [1.807, 2.05) is 13.0 Å². The van der Waals surface area contributed by atoms with Crippen molar-refractivity contribution in [1.29, 1.82) is 0 Å². The van der Waals surface area contributed by atoms with E-state index in [0.717, 1.165) is 24.1 Å². The Bertz CT molecular complexity index is 1250. The van der Waals surface area contributed by atoms with Gasteiger partial charge in [0.25, 0.3) is 0 Å². The number of hydrogen-bond acceptors (Lipinski definition) is 6. The summed E-state index contributed by atoms with van der Waals surface area (Å²) in [6.07, 6.45) is 8.48. The van der Waals surface area contributed by atoms with Gasteiger partial charge in [0.1, 0.15) is 17.8 Å². The Balaban J connectivity index is 1.48. The van der Waals surface area contributed by atoms with E-state index in [-0.39, 0.29) is 5.56 Å². The Kier molecular flexibility index (Phi) is 4.04. The van der Waals surface area contributed by atoms with Crippen LogP contribution in [-0.2, 0) is 0 Å². The molecule has 144 valence electrons. The number of carbonyl (C=O) groups is 1. The zero-order chi connectivity index (χ0) is 20.0. The lowest BCUT2D eigenvalue weighted by Gasteiger charge is -2.08. The highest BCUT2D eigenvalue weighted by molar-refractivity contribution is 6.16. The molecule has 2 N–H and O–H groups in total. The monoisotopic (exact) mass is 388 g/mol. The lowest BCUT2D eigenvalue weighted by atomic mass is 10.0. The molecule has 0 amide bonds. The van der Waals surface area contributed by atoms with Gasteiger partial charge in [-0.15, -0.1) is 0 Å². The van der Waals surface area contributed by atoms with E-state index in [9.17, 15) is 9.18 Å². The second-order valence-electron chi connectivity index (χ2n) is 7.20. The number of rotatable bonds is 5. The van der Waals surface area contributed by atoms with Crippen LogP contribution in [0.15, 0.2) is 43.1 Å². The van der Waals surface area contributed by atoms with Gasteiger partial charge in [0.15, 0.2) is 5.78 Å². The van der Waals surface area contributed by atoms with Crippen LogP contribution in [0.25, 0.3) is 11.0 Å². The van der Waals surface area contributed by atoms with E-state index in [1.54, 1.807) is 24.7 Å². The van der Waals surface area contributed by atoms with E-state index in [2.05, 4.69) is 30.2 Å². The highest BCUT2D eigenvalue weighted by Gasteiger charge is 2.30. The summed E-state index contributed by atoms with van der Waals surface area (Å²) in [7, 11) is 0. The molecule has 1 aliphatic carbocycles. The lowest BCUT2D eigenvalue weighted by molar-refractivity contribution is 0.103. The number of H-pyrrole nitrogens is 1. The van der Waals surface area contributed by atoms with Crippen molar-refractivity contribution in [2.24, 2.45) is 0 Å². The van der Waals surface area contributed by atoms with Crippen LogP contribution in [-0.4, -0.2) is 30.7 Å². The first-order chi connectivity index (χ1) is 14.1. The molecule has 8 heteroatoms. The van der Waals surface area contributed by atoms with Gasteiger partial charge < -0.3 is 10.3 Å². The number of aromatic amines is 1. The zero-order valence-corrected chi connectivity index (χ0v) is 15.6. The molecule has 1 fully saturated rings. The normalized spacial score (nSPS) is 13.6. The number of carbonyl (C=O) groups excluding carboxylic acids is 1. The van der Waals surface area contributed by atoms with Crippen LogP contribution >= 0.6 is 0 Å². The molecule has 4 aromatic heterocycles. The van der Waals surface area contributed by atoms with Gasteiger partial charge >= 0.3 is 0 Å². The molecule has 0 radical (unpaired) electrons. The van der Waals surface area contributed by atoms with Crippen molar-refractivity contribution in [3.63, 3.8) is 0 Å². The molecule has 0 bridgehead atoms. The molecule has 0 saturated heterocycles. The Labute approximate surface area is 165 Å². The molecule has 0 atom stereocenters. The fourth-order valence-electron chi connectivity index (χ4n) is 3.42. The second-order valence-corrected chi connectivity index (χ2v) is 7.20. The number of fused-ring (bicyclic) bond motifs is 1. The first-order valence-electron chi connectivity index (χ1n) is 9.32. The maximum atomic E-state index is 14.7.